The minimum absolute atomic E-state index is 0.0812. The Bertz CT molecular complexity index is 1240. The maximum Gasteiger partial charge on any atom is 0.309 e. The van der Waals surface area contributed by atoms with Gasteiger partial charge in [-0.05, 0) is 87.7 Å². The molecule has 0 bridgehead atoms. The van der Waals surface area contributed by atoms with Crippen molar-refractivity contribution in [3.8, 4) is 11.5 Å². The quantitative estimate of drug-likeness (QED) is 0.306. The number of fused-ring (bicyclic) bond motifs is 1. The van der Waals surface area contributed by atoms with Gasteiger partial charge in [0, 0.05) is 24.3 Å². The van der Waals surface area contributed by atoms with Crippen LogP contribution < -0.4 is 14.4 Å². The zero-order valence-electron chi connectivity index (χ0n) is 21.6. The van der Waals surface area contributed by atoms with Gasteiger partial charge in [0.05, 0.1) is 30.2 Å². The molecular weight excluding hydrogens is 476 g/mol. The molecule has 2 aromatic rings. The Morgan fingerprint density at radius 1 is 1.17 bits per heavy atom. The average molecular weight is 509 g/mol. The predicted octanol–water partition coefficient (Wildman–Crippen LogP) is 5.12. The van der Waals surface area contributed by atoms with Crippen LogP contribution in [-0.4, -0.2) is 59.8 Å². The number of nitrogens with zero attached hydrogens (tertiary/aromatic N) is 4. The van der Waals surface area contributed by atoms with Gasteiger partial charge in [0.15, 0.2) is 0 Å². The van der Waals surface area contributed by atoms with Crippen LogP contribution in [-0.2, 0) is 11.2 Å². The molecule has 8 nitrogen and oxygen atoms in total. The van der Waals surface area contributed by atoms with Gasteiger partial charge in [-0.3, -0.25) is 14.6 Å². The number of amides is 2. The van der Waals surface area contributed by atoms with Gasteiger partial charge in [-0.1, -0.05) is 6.07 Å². The third-order valence-electron chi connectivity index (χ3n) is 6.16. The molecule has 0 fully saturated rings. The van der Waals surface area contributed by atoms with E-state index in [4.69, 9.17) is 14.5 Å². The topological polar surface area (TPSA) is 83.8 Å². The molecule has 2 aliphatic heterocycles. The molecule has 2 heterocycles. The highest BCUT2D eigenvalue weighted by Gasteiger charge is 2.38. The fraction of sp³-hybridized carbons (Fsp3) is 0.407. The second-order valence-corrected chi connectivity index (χ2v) is 11.1. The van der Waals surface area contributed by atoms with Crippen LogP contribution in [0, 0.1) is 0 Å². The summed E-state index contributed by atoms with van der Waals surface area (Å²) in [5.41, 5.74) is 4.75. The molecule has 0 atom stereocenters. The van der Waals surface area contributed by atoms with Crippen LogP contribution in [0.4, 0.5) is 10.5 Å². The summed E-state index contributed by atoms with van der Waals surface area (Å²) in [5, 5.41) is 4.88. The predicted molar refractivity (Wildman–Crippen MR) is 145 cm³/mol. The van der Waals surface area contributed by atoms with Gasteiger partial charge < -0.3 is 14.4 Å². The van der Waals surface area contributed by atoms with E-state index in [2.05, 4.69) is 36.0 Å². The number of ether oxygens (including phenoxy) is 2. The molecule has 0 unspecified atom stereocenters. The van der Waals surface area contributed by atoms with E-state index in [0.29, 0.717) is 17.9 Å². The van der Waals surface area contributed by atoms with Gasteiger partial charge in [-0.15, -0.1) is 0 Å². The highest BCUT2D eigenvalue weighted by atomic mass is 32.2. The molecule has 0 aromatic heterocycles. The highest BCUT2D eigenvalue weighted by molar-refractivity contribution is 8.15. The minimum Gasteiger partial charge on any atom is -0.497 e. The third-order valence-corrected chi connectivity index (χ3v) is 7.23. The smallest absolute Gasteiger partial charge is 0.309 e. The summed E-state index contributed by atoms with van der Waals surface area (Å²) in [6.07, 6.45) is 2.32. The van der Waals surface area contributed by atoms with Crippen molar-refractivity contribution in [2.45, 2.75) is 51.3 Å². The lowest BCUT2D eigenvalue weighted by atomic mass is 9.93. The monoisotopic (exact) mass is 508 g/mol. The molecule has 9 heteroatoms. The molecule has 0 saturated heterocycles. The number of hydrazone groups is 1. The number of aliphatic imine (C=N–C) groups is 1. The maximum atomic E-state index is 12.2. The first-order valence-electron chi connectivity index (χ1n) is 12.0. The van der Waals surface area contributed by atoms with Gasteiger partial charge in [0.25, 0.3) is 0 Å². The summed E-state index contributed by atoms with van der Waals surface area (Å²) in [5.74, 6) is 2.27. The molecule has 2 aliphatic rings. The molecular formula is C27H32N4O4S. The molecule has 0 spiro atoms. The number of amidine groups is 1. The van der Waals surface area contributed by atoms with E-state index in [1.54, 1.807) is 14.2 Å². The zero-order chi connectivity index (χ0) is 26.0. The Kier molecular flexibility index (Phi) is 7.40. The fourth-order valence-electron chi connectivity index (χ4n) is 4.53. The summed E-state index contributed by atoms with van der Waals surface area (Å²) in [6, 6.07) is 12.1. The SMILES string of the molecule is COc1ccc(C(=NC(C)C)N2CCCc3cc(C4=NN(C=O)C(=O)SC4(C)C)ccc32)c(OC)c1. The second kappa shape index (κ2) is 10.3. The van der Waals surface area contributed by atoms with E-state index in [0.717, 1.165) is 64.6 Å². The lowest BCUT2D eigenvalue weighted by Crippen LogP contribution is -2.41. The Morgan fingerprint density at radius 2 is 1.94 bits per heavy atom. The van der Waals surface area contributed by atoms with Crippen molar-refractivity contribution in [1.82, 2.24) is 5.01 Å². The Labute approximate surface area is 216 Å². The highest BCUT2D eigenvalue weighted by Crippen LogP contribution is 2.38. The number of anilines is 1. The van der Waals surface area contributed by atoms with Crippen LogP contribution in [0.1, 0.15) is 50.8 Å². The molecule has 0 radical (unpaired) electrons. The van der Waals surface area contributed by atoms with Crippen LogP contribution >= 0.6 is 11.8 Å². The maximum absolute atomic E-state index is 12.2. The number of hydrogen-bond donors (Lipinski definition) is 0. The number of carbonyl (C=O) groups is 2. The van der Waals surface area contributed by atoms with Gasteiger partial charge in [-0.25, -0.2) is 0 Å². The van der Waals surface area contributed by atoms with Crippen LogP contribution in [0.2, 0.25) is 0 Å². The fourth-order valence-corrected chi connectivity index (χ4v) is 5.40. The molecule has 0 saturated carbocycles. The summed E-state index contributed by atoms with van der Waals surface area (Å²) < 4.78 is 10.5. The molecule has 0 aliphatic carbocycles. The normalized spacial score (nSPS) is 17.6. The van der Waals surface area contributed by atoms with Crippen molar-refractivity contribution >= 4 is 40.6 Å². The molecule has 2 amide bonds. The molecule has 4 rings (SSSR count). The second-order valence-electron chi connectivity index (χ2n) is 9.49. The van der Waals surface area contributed by atoms with Gasteiger partial charge in [0.2, 0.25) is 6.41 Å². The number of hydrogen-bond acceptors (Lipinski definition) is 7. The standard InChI is InChI=1S/C27H32N4O4S/c1-17(2)28-25(21-11-10-20(34-5)15-23(21)35-6)30-13-7-8-18-14-19(9-12-22(18)30)24-27(3,4)36-26(33)31(16-32)29-24/h9-12,14-17H,7-8,13H2,1-6H3. The molecule has 36 heavy (non-hydrogen) atoms. The Balaban J connectivity index is 1.79. The van der Waals surface area contributed by atoms with E-state index in [9.17, 15) is 9.59 Å². The summed E-state index contributed by atoms with van der Waals surface area (Å²) in [7, 11) is 3.29. The first-order chi connectivity index (χ1) is 17.2. The van der Waals surface area contributed by atoms with Crippen LogP contribution in [0.3, 0.4) is 0 Å². The zero-order valence-corrected chi connectivity index (χ0v) is 22.4. The van der Waals surface area contributed by atoms with Crippen molar-refractivity contribution in [3.63, 3.8) is 0 Å². The molecule has 190 valence electrons. The van der Waals surface area contributed by atoms with E-state index >= 15 is 0 Å². The number of aryl methyl sites for hydroxylation is 1. The van der Waals surface area contributed by atoms with Crippen molar-refractivity contribution in [3.05, 3.63) is 53.1 Å². The van der Waals surface area contributed by atoms with E-state index in [1.165, 1.54) is 5.56 Å². The summed E-state index contributed by atoms with van der Waals surface area (Å²) >= 11 is 1.10. The largest absolute Gasteiger partial charge is 0.497 e. The number of thioether (sulfide) groups is 1. The van der Waals surface area contributed by atoms with E-state index in [-0.39, 0.29) is 11.3 Å². The summed E-state index contributed by atoms with van der Waals surface area (Å²) in [6.45, 7) is 8.84. The van der Waals surface area contributed by atoms with Crippen LogP contribution in [0.5, 0.6) is 11.5 Å². The van der Waals surface area contributed by atoms with Crippen LogP contribution in [0.25, 0.3) is 0 Å². The van der Waals surface area contributed by atoms with Crippen molar-refractivity contribution < 1.29 is 19.1 Å². The van der Waals surface area contributed by atoms with Crippen molar-refractivity contribution in [1.29, 1.82) is 0 Å². The van der Waals surface area contributed by atoms with Crippen molar-refractivity contribution in [2.75, 3.05) is 25.7 Å². The van der Waals surface area contributed by atoms with Crippen molar-refractivity contribution in [2.24, 2.45) is 10.1 Å². The van der Waals surface area contributed by atoms with E-state index < -0.39 is 4.75 Å². The number of carbonyl (C=O) groups excluding carboxylic acids is 2. The lowest BCUT2D eigenvalue weighted by Gasteiger charge is -2.35. The molecule has 2 aromatic carbocycles. The number of rotatable bonds is 6. The van der Waals surface area contributed by atoms with E-state index in [1.807, 2.05) is 38.1 Å². The number of imide groups is 1. The Hall–Kier alpha value is -3.33. The average Bonchev–Trinajstić information content (AvgIpc) is 2.85. The Morgan fingerprint density at radius 3 is 2.61 bits per heavy atom. The molecule has 0 N–H and O–H groups in total. The third kappa shape index (κ3) is 4.97. The first-order valence-corrected chi connectivity index (χ1v) is 12.8. The van der Waals surface area contributed by atoms with Gasteiger partial charge >= 0.3 is 5.24 Å². The van der Waals surface area contributed by atoms with Gasteiger partial charge in [-0.2, -0.15) is 10.1 Å². The number of benzene rings is 2. The first kappa shape index (κ1) is 25.8. The van der Waals surface area contributed by atoms with Crippen LogP contribution in [0.15, 0.2) is 46.5 Å². The summed E-state index contributed by atoms with van der Waals surface area (Å²) in [4.78, 5) is 30.8. The lowest BCUT2D eigenvalue weighted by molar-refractivity contribution is -0.115. The number of methoxy groups -OCH3 is 2. The van der Waals surface area contributed by atoms with Gasteiger partial charge in [0.1, 0.15) is 17.3 Å². The minimum atomic E-state index is -0.556.